The van der Waals surface area contributed by atoms with Gasteiger partial charge in [-0.15, -0.1) is 0 Å². The molecule has 1 heterocycles. The number of nitrogens with one attached hydrogen (secondary N) is 1. The molecule has 0 unspecified atom stereocenters. The van der Waals surface area contributed by atoms with E-state index in [9.17, 15) is 14.0 Å². The molecule has 1 aromatic carbocycles. The molecule has 0 saturated carbocycles. The van der Waals surface area contributed by atoms with E-state index in [0.29, 0.717) is 12.2 Å². The number of anilines is 1. The summed E-state index contributed by atoms with van der Waals surface area (Å²) in [6.45, 7) is 2.38. The predicted molar refractivity (Wildman–Crippen MR) is 80.4 cm³/mol. The summed E-state index contributed by atoms with van der Waals surface area (Å²) in [4.78, 5) is 23.2. The maximum absolute atomic E-state index is 12.7. The van der Waals surface area contributed by atoms with Crippen molar-refractivity contribution in [2.45, 2.75) is 13.5 Å². The minimum absolute atomic E-state index is 0.114. The highest BCUT2D eigenvalue weighted by atomic mass is 19.1. The molecule has 5 heteroatoms. The van der Waals surface area contributed by atoms with E-state index < -0.39 is 0 Å². The van der Waals surface area contributed by atoms with Crippen LogP contribution in [-0.2, 0) is 11.3 Å². The molecule has 0 atom stereocenters. The number of pyridine rings is 1. The van der Waals surface area contributed by atoms with Crippen molar-refractivity contribution in [3.05, 3.63) is 70.4 Å². The first-order valence-corrected chi connectivity index (χ1v) is 6.53. The fourth-order valence-electron chi connectivity index (χ4n) is 1.78. The number of carbonyl (C=O) groups excluding carboxylic acids is 1. The van der Waals surface area contributed by atoms with Gasteiger partial charge in [0.1, 0.15) is 5.82 Å². The minimum Gasteiger partial charge on any atom is -0.321 e. The van der Waals surface area contributed by atoms with Crippen LogP contribution in [0.15, 0.2) is 53.5 Å². The molecular formula is C16H15FN2O2. The summed E-state index contributed by atoms with van der Waals surface area (Å²) < 4.78 is 14.2. The van der Waals surface area contributed by atoms with E-state index in [0.717, 1.165) is 5.56 Å². The number of nitrogens with zero attached hydrogens (tertiary/aromatic N) is 1. The Labute approximate surface area is 121 Å². The molecular weight excluding hydrogens is 271 g/mol. The maximum Gasteiger partial charge on any atom is 0.250 e. The molecule has 0 fully saturated rings. The van der Waals surface area contributed by atoms with E-state index in [1.165, 1.54) is 28.8 Å². The van der Waals surface area contributed by atoms with Crippen LogP contribution in [0.25, 0.3) is 6.08 Å². The third kappa shape index (κ3) is 4.14. The van der Waals surface area contributed by atoms with Crippen molar-refractivity contribution in [1.29, 1.82) is 0 Å². The van der Waals surface area contributed by atoms with Gasteiger partial charge in [-0.05, 0) is 36.8 Å². The Morgan fingerprint density at radius 3 is 2.62 bits per heavy atom. The zero-order chi connectivity index (χ0) is 15.2. The molecule has 2 aromatic rings. The first-order chi connectivity index (χ1) is 10.1. The van der Waals surface area contributed by atoms with Gasteiger partial charge in [0.15, 0.2) is 0 Å². The molecule has 0 radical (unpaired) electrons. The molecule has 1 N–H and O–H groups in total. The zero-order valence-corrected chi connectivity index (χ0v) is 11.5. The predicted octanol–water partition coefficient (Wildman–Crippen LogP) is 2.66. The Balaban J connectivity index is 2.04. The zero-order valence-electron chi connectivity index (χ0n) is 11.5. The van der Waals surface area contributed by atoms with Crippen LogP contribution >= 0.6 is 0 Å². The normalized spacial score (nSPS) is 10.8. The second kappa shape index (κ2) is 6.65. The van der Waals surface area contributed by atoms with Crippen molar-refractivity contribution < 1.29 is 9.18 Å². The summed E-state index contributed by atoms with van der Waals surface area (Å²) in [5, 5.41) is 2.67. The van der Waals surface area contributed by atoms with E-state index >= 15 is 0 Å². The molecule has 1 aromatic heterocycles. The number of hydrogen-bond acceptors (Lipinski definition) is 2. The lowest BCUT2D eigenvalue weighted by Gasteiger charge is -2.05. The van der Waals surface area contributed by atoms with Crippen LogP contribution in [0.2, 0.25) is 0 Å². The number of benzene rings is 1. The van der Waals surface area contributed by atoms with Gasteiger partial charge in [0, 0.05) is 24.9 Å². The van der Waals surface area contributed by atoms with Crippen molar-refractivity contribution >= 4 is 17.7 Å². The van der Waals surface area contributed by atoms with Gasteiger partial charge >= 0.3 is 0 Å². The second-order valence-corrected chi connectivity index (χ2v) is 4.42. The highest BCUT2D eigenvalue weighted by Gasteiger charge is 2.00. The van der Waals surface area contributed by atoms with Gasteiger partial charge < -0.3 is 9.88 Å². The smallest absolute Gasteiger partial charge is 0.250 e. The Morgan fingerprint density at radius 2 is 1.95 bits per heavy atom. The SMILES string of the molecule is CCn1cc(NC(=O)C=Cc2ccc(F)cc2)ccc1=O. The average Bonchev–Trinajstić information content (AvgIpc) is 2.48. The molecule has 21 heavy (non-hydrogen) atoms. The standard InChI is InChI=1S/C16H15FN2O2/c1-2-19-11-14(8-10-16(19)21)18-15(20)9-5-12-3-6-13(17)7-4-12/h3-11H,2H2,1H3,(H,18,20). The first-order valence-electron chi connectivity index (χ1n) is 6.53. The van der Waals surface area contributed by atoms with Gasteiger partial charge in [-0.2, -0.15) is 0 Å². The summed E-state index contributed by atoms with van der Waals surface area (Å²) in [6.07, 6.45) is 4.53. The molecule has 2 rings (SSSR count). The Kier molecular flexibility index (Phi) is 4.66. The Bertz CT molecular complexity index is 718. The number of amides is 1. The summed E-state index contributed by atoms with van der Waals surface area (Å²) in [6, 6.07) is 8.77. The van der Waals surface area contributed by atoms with Gasteiger partial charge in [0.2, 0.25) is 5.91 Å². The summed E-state index contributed by atoms with van der Waals surface area (Å²) in [5.41, 5.74) is 1.16. The molecule has 0 aliphatic heterocycles. The summed E-state index contributed by atoms with van der Waals surface area (Å²) in [5.74, 6) is -0.640. The Morgan fingerprint density at radius 1 is 1.24 bits per heavy atom. The third-order valence-corrected chi connectivity index (χ3v) is 2.89. The lowest BCUT2D eigenvalue weighted by molar-refractivity contribution is -0.111. The maximum atomic E-state index is 12.7. The molecule has 0 aliphatic rings. The van der Waals surface area contributed by atoms with Crippen LogP contribution in [0.4, 0.5) is 10.1 Å². The highest BCUT2D eigenvalue weighted by Crippen LogP contribution is 2.06. The van der Waals surface area contributed by atoms with Crippen molar-refractivity contribution in [2.75, 3.05) is 5.32 Å². The highest BCUT2D eigenvalue weighted by molar-refractivity contribution is 6.01. The first kappa shape index (κ1) is 14.7. The monoisotopic (exact) mass is 286 g/mol. The van der Waals surface area contributed by atoms with Crippen LogP contribution in [0.5, 0.6) is 0 Å². The van der Waals surface area contributed by atoms with E-state index in [2.05, 4.69) is 5.32 Å². The second-order valence-electron chi connectivity index (χ2n) is 4.42. The number of hydrogen-bond donors (Lipinski definition) is 1. The van der Waals surface area contributed by atoms with Gasteiger partial charge in [-0.25, -0.2) is 4.39 Å². The number of aryl methyl sites for hydroxylation is 1. The molecule has 0 spiro atoms. The van der Waals surface area contributed by atoms with Crippen molar-refractivity contribution in [3.63, 3.8) is 0 Å². The van der Waals surface area contributed by atoms with Crippen molar-refractivity contribution in [2.24, 2.45) is 0 Å². The van der Waals surface area contributed by atoms with Crippen LogP contribution in [0.3, 0.4) is 0 Å². The van der Waals surface area contributed by atoms with E-state index in [-0.39, 0.29) is 17.3 Å². The third-order valence-electron chi connectivity index (χ3n) is 2.89. The molecule has 0 aliphatic carbocycles. The number of carbonyl (C=O) groups is 1. The summed E-state index contributed by atoms with van der Waals surface area (Å²) in [7, 11) is 0. The Hall–Kier alpha value is -2.69. The molecule has 4 nitrogen and oxygen atoms in total. The van der Waals surface area contributed by atoms with Crippen LogP contribution < -0.4 is 10.9 Å². The number of rotatable bonds is 4. The van der Waals surface area contributed by atoms with Gasteiger partial charge in [0.05, 0.1) is 5.69 Å². The van der Waals surface area contributed by atoms with Gasteiger partial charge in [-0.1, -0.05) is 12.1 Å². The quantitative estimate of drug-likeness (QED) is 0.878. The van der Waals surface area contributed by atoms with Gasteiger partial charge in [-0.3, -0.25) is 9.59 Å². The molecule has 0 bridgehead atoms. The van der Waals surface area contributed by atoms with Crippen molar-refractivity contribution in [1.82, 2.24) is 4.57 Å². The van der Waals surface area contributed by atoms with E-state index in [4.69, 9.17) is 0 Å². The number of aromatic nitrogens is 1. The topological polar surface area (TPSA) is 51.1 Å². The van der Waals surface area contributed by atoms with Crippen molar-refractivity contribution in [3.8, 4) is 0 Å². The number of halogens is 1. The molecule has 1 amide bonds. The van der Waals surface area contributed by atoms with Crippen LogP contribution in [-0.4, -0.2) is 10.5 Å². The fourth-order valence-corrected chi connectivity index (χ4v) is 1.78. The van der Waals surface area contributed by atoms with E-state index in [1.54, 1.807) is 30.5 Å². The lowest BCUT2D eigenvalue weighted by Crippen LogP contribution is -2.19. The van der Waals surface area contributed by atoms with Crippen LogP contribution in [0.1, 0.15) is 12.5 Å². The van der Waals surface area contributed by atoms with E-state index in [1.807, 2.05) is 6.92 Å². The molecule has 108 valence electrons. The fraction of sp³-hybridized carbons (Fsp3) is 0.125. The van der Waals surface area contributed by atoms with Crippen LogP contribution in [0, 0.1) is 5.82 Å². The van der Waals surface area contributed by atoms with Gasteiger partial charge in [0.25, 0.3) is 5.56 Å². The lowest BCUT2D eigenvalue weighted by atomic mass is 10.2. The average molecular weight is 286 g/mol. The summed E-state index contributed by atoms with van der Waals surface area (Å²) >= 11 is 0. The largest absolute Gasteiger partial charge is 0.321 e. The minimum atomic E-state index is -0.321. The molecule has 0 saturated heterocycles.